The van der Waals surface area contributed by atoms with Gasteiger partial charge in [0, 0.05) is 23.0 Å². The SMILES string of the molecule is CC(C)(C)c1ccnc(-n2c3ccccc3c3ccc(Oc4cccc(-n5[c-][n+]6c7c(cccc75)-c5ccccc5-c5ccccc5-c5c7ccc(c5-6)CCc5ccc(cc5)CC7)c4)cc32)c1. The summed E-state index contributed by atoms with van der Waals surface area (Å²) in [5, 5.41) is 2.34. The molecule has 0 saturated carbocycles. The number of aryl methyl sites for hydroxylation is 4. The zero-order valence-corrected chi connectivity index (χ0v) is 37.9. The van der Waals surface area contributed by atoms with Crippen molar-refractivity contribution in [3.05, 3.63) is 222 Å². The molecule has 5 nitrogen and oxygen atoms in total. The number of pyridine rings is 1. The minimum atomic E-state index is -0.0152. The first kappa shape index (κ1) is 39.4. The van der Waals surface area contributed by atoms with Crippen LogP contribution in [0, 0.1) is 6.33 Å². The molecular formula is C62H48N4O. The number of hydrogen-bond acceptors (Lipinski definition) is 2. The average Bonchev–Trinajstić information content (AvgIpc) is 3.91. The zero-order valence-electron chi connectivity index (χ0n) is 37.9. The minimum absolute atomic E-state index is 0.0152. The molecule has 67 heavy (non-hydrogen) atoms. The number of para-hydroxylation sites is 2. The lowest BCUT2D eigenvalue weighted by Gasteiger charge is -2.23. The topological polar surface area (TPSA) is 35.9 Å². The van der Waals surface area contributed by atoms with Crippen molar-refractivity contribution in [2.75, 3.05) is 0 Å². The monoisotopic (exact) mass is 864 g/mol. The van der Waals surface area contributed by atoms with Gasteiger partial charge in [0.2, 0.25) is 0 Å². The lowest BCUT2D eigenvalue weighted by molar-refractivity contribution is -0.572. The fourth-order valence-electron chi connectivity index (χ4n) is 10.8. The second-order valence-electron chi connectivity index (χ2n) is 19.2. The van der Waals surface area contributed by atoms with E-state index in [9.17, 15) is 0 Å². The Hall–Kier alpha value is -8.02. The Morgan fingerprint density at radius 1 is 0.522 bits per heavy atom. The van der Waals surface area contributed by atoms with Crippen LogP contribution in [0.4, 0.5) is 0 Å². The van der Waals surface area contributed by atoms with E-state index >= 15 is 0 Å². The van der Waals surface area contributed by atoms with E-state index in [1.165, 1.54) is 72.3 Å². The van der Waals surface area contributed by atoms with Crippen LogP contribution in [-0.4, -0.2) is 14.1 Å². The van der Waals surface area contributed by atoms with Crippen molar-refractivity contribution in [3.8, 4) is 62.1 Å². The van der Waals surface area contributed by atoms with Gasteiger partial charge in [-0.05, 0) is 141 Å². The number of nitrogens with zero attached hydrogens (tertiary/aromatic N) is 4. The van der Waals surface area contributed by atoms with E-state index in [1.54, 1.807) is 0 Å². The number of fused-ring (bicyclic) bond motifs is 7. The zero-order chi connectivity index (χ0) is 44.8. The molecule has 0 atom stereocenters. The standard InChI is InChI=1S/C62H48N4O/c1-62(2,3)44-34-35-63-58(36-44)66-55-20-9-8-17-51(55)52-33-32-47(38-57(52)66)67-46-13-10-12-45(37-46)64-39-65-60-43-29-27-41-24-22-40(23-25-41)26-28-42(30-31-43)59(60)53-18-7-6-15-49(53)48-14-4-5-16-50(48)54-19-11-21-56(64)61(54)65/h4-25,30-38H,26-29H2,1-3H3. The third-order valence-electron chi connectivity index (χ3n) is 14.1. The number of aromatic nitrogens is 4. The lowest BCUT2D eigenvalue weighted by Crippen LogP contribution is -2.33. The first-order chi connectivity index (χ1) is 32.8. The Balaban J connectivity index is 0.988. The molecule has 3 aromatic heterocycles. The minimum Gasteiger partial charge on any atom is -0.458 e. The Labute approximate surface area is 390 Å². The van der Waals surface area contributed by atoms with Gasteiger partial charge in [-0.3, -0.25) is 13.7 Å². The molecule has 16 rings (SSSR count). The van der Waals surface area contributed by atoms with E-state index in [-0.39, 0.29) is 5.41 Å². The summed E-state index contributed by atoms with van der Waals surface area (Å²) in [6.07, 6.45) is 9.68. The molecule has 322 valence electrons. The number of rotatable bonds is 4. The summed E-state index contributed by atoms with van der Waals surface area (Å²) in [6, 6.07) is 66.5. The van der Waals surface area contributed by atoms with Gasteiger partial charge in [0.1, 0.15) is 17.3 Å². The molecule has 0 radical (unpaired) electrons. The smallest absolute Gasteiger partial charge is 0.269 e. The van der Waals surface area contributed by atoms with Gasteiger partial charge in [0.05, 0.1) is 33.4 Å². The quantitative estimate of drug-likeness (QED) is 0.131. The van der Waals surface area contributed by atoms with Crippen molar-refractivity contribution >= 4 is 32.8 Å². The predicted octanol–water partition coefficient (Wildman–Crippen LogP) is 14.5. The van der Waals surface area contributed by atoms with Crippen molar-refractivity contribution in [2.45, 2.75) is 51.9 Å². The van der Waals surface area contributed by atoms with E-state index in [2.05, 4.69) is 217 Å². The van der Waals surface area contributed by atoms with Crippen LogP contribution in [0.5, 0.6) is 11.5 Å². The summed E-state index contributed by atoms with van der Waals surface area (Å²) in [5.41, 5.74) is 20.6. The third kappa shape index (κ3) is 6.52. The molecule has 0 saturated heterocycles. The largest absolute Gasteiger partial charge is 0.458 e. The predicted molar refractivity (Wildman–Crippen MR) is 272 cm³/mol. The molecule has 0 spiro atoms. The van der Waals surface area contributed by atoms with Crippen LogP contribution >= 0.6 is 0 Å². The first-order valence-corrected chi connectivity index (χ1v) is 23.5. The average molecular weight is 865 g/mol. The third-order valence-corrected chi connectivity index (χ3v) is 14.1. The Bertz CT molecular complexity index is 3770. The van der Waals surface area contributed by atoms with Crippen molar-refractivity contribution in [3.63, 3.8) is 0 Å². The first-order valence-electron chi connectivity index (χ1n) is 23.5. The molecule has 0 unspecified atom stereocenters. The molecule has 0 amide bonds. The number of imidazole rings is 1. The maximum absolute atomic E-state index is 6.86. The summed E-state index contributed by atoms with van der Waals surface area (Å²) >= 11 is 0. The van der Waals surface area contributed by atoms with Crippen molar-refractivity contribution in [1.82, 2.24) is 14.1 Å². The normalized spacial score (nSPS) is 13.1. The van der Waals surface area contributed by atoms with Gasteiger partial charge in [0.15, 0.2) is 0 Å². The summed E-state index contributed by atoms with van der Waals surface area (Å²) < 4.78 is 13.8. The highest BCUT2D eigenvalue weighted by atomic mass is 16.5. The van der Waals surface area contributed by atoms with Gasteiger partial charge in [-0.15, -0.1) is 0 Å². The molecule has 4 heterocycles. The Morgan fingerprint density at radius 2 is 1.15 bits per heavy atom. The maximum Gasteiger partial charge on any atom is 0.269 e. The van der Waals surface area contributed by atoms with Crippen LogP contribution in [0.3, 0.4) is 0 Å². The van der Waals surface area contributed by atoms with Crippen LogP contribution in [0.1, 0.15) is 48.6 Å². The lowest BCUT2D eigenvalue weighted by atomic mass is 9.84. The van der Waals surface area contributed by atoms with Crippen LogP contribution in [0.25, 0.3) is 83.4 Å². The van der Waals surface area contributed by atoms with Gasteiger partial charge in [-0.25, -0.2) is 4.98 Å². The van der Waals surface area contributed by atoms with Crippen molar-refractivity contribution < 1.29 is 9.30 Å². The molecule has 4 aliphatic carbocycles. The molecule has 0 N–H and O–H groups in total. The Morgan fingerprint density at radius 3 is 1.94 bits per heavy atom. The Kier molecular flexibility index (Phi) is 8.98. The van der Waals surface area contributed by atoms with Crippen LogP contribution in [0.15, 0.2) is 188 Å². The van der Waals surface area contributed by atoms with E-state index in [1.807, 2.05) is 12.3 Å². The summed E-state index contributed by atoms with van der Waals surface area (Å²) in [5.74, 6) is 2.39. The van der Waals surface area contributed by atoms with E-state index < -0.39 is 0 Å². The fourth-order valence-corrected chi connectivity index (χ4v) is 10.8. The van der Waals surface area contributed by atoms with Gasteiger partial charge in [0.25, 0.3) is 6.33 Å². The van der Waals surface area contributed by atoms with Crippen molar-refractivity contribution in [2.24, 2.45) is 0 Å². The van der Waals surface area contributed by atoms with Gasteiger partial charge in [-0.2, -0.15) is 0 Å². The number of benzene rings is 8. The second kappa shape index (κ2) is 15.3. The summed E-state index contributed by atoms with van der Waals surface area (Å²) in [6.45, 7) is 6.73. The van der Waals surface area contributed by atoms with E-state index in [0.717, 1.165) is 76.1 Å². The summed E-state index contributed by atoms with van der Waals surface area (Å²) in [7, 11) is 0. The van der Waals surface area contributed by atoms with Gasteiger partial charge in [-0.1, -0.05) is 148 Å². The van der Waals surface area contributed by atoms with Crippen LogP contribution in [0.2, 0.25) is 0 Å². The van der Waals surface area contributed by atoms with Crippen LogP contribution < -0.4 is 9.30 Å². The highest BCUT2D eigenvalue weighted by Gasteiger charge is 2.28. The maximum atomic E-state index is 6.86. The highest BCUT2D eigenvalue weighted by Crippen LogP contribution is 2.45. The fraction of sp³-hybridized carbons (Fsp3) is 0.129. The second-order valence-corrected chi connectivity index (χ2v) is 19.2. The molecular weight excluding hydrogens is 817 g/mol. The molecule has 4 bridgehead atoms. The molecule has 5 heteroatoms. The number of hydrogen-bond donors (Lipinski definition) is 0. The summed E-state index contributed by atoms with van der Waals surface area (Å²) in [4.78, 5) is 4.91. The van der Waals surface area contributed by atoms with Gasteiger partial charge >= 0.3 is 0 Å². The van der Waals surface area contributed by atoms with E-state index in [0.29, 0.717) is 0 Å². The molecule has 0 fully saturated rings. The molecule has 8 aromatic carbocycles. The van der Waals surface area contributed by atoms with Crippen molar-refractivity contribution in [1.29, 1.82) is 0 Å². The number of ether oxygens (including phenoxy) is 1. The molecule has 5 aliphatic rings. The molecule has 11 aromatic rings. The van der Waals surface area contributed by atoms with Gasteiger partial charge < -0.3 is 4.74 Å². The van der Waals surface area contributed by atoms with Crippen LogP contribution in [-0.2, 0) is 31.1 Å². The molecule has 1 aliphatic heterocycles. The highest BCUT2D eigenvalue weighted by molar-refractivity contribution is 6.09. The van der Waals surface area contributed by atoms with E-state index in [4.69, 9.17) is 9.72 Å².